The summed E-state index contributed by atoms with van der Waals surface area (Å²) in [4.78, 5) is 4.46. The molecule has 1 aliphatic rings. The van der Waals surface area contributed by atoms with Crippen LogP contribution in [0.1, 0.15) is 44.2 Å². The highest BCUT2D eigenvalue weighted by Crippen LogP contribution is 2.32. The molecule has 0 aliphatic carbocycles. The smallest absolute Gasteiger partial charge is 0.119 e. The Balaban J connectivity index is 1.74. The van der Waals surface area contributed by atoms with Crippen LogP contribution in [0.2, 0.25) is 0 Å². The summed E-state index contributed by atoms with van der Waals surface area (Å²) in [6.07, 6.45) is 6.62. The fourth-order valence-electron chi connectivity index (χ4n) is 3.98. The second kappa shape index (κ2) is 7.95. The van der Waals surface area contributed by atoms with Gasteiger partial charge in [0.05, 0.1) is 12.6 Å². The number of pyridine rings is 1. The number of nitrogens with one attached hydrogen (secondary N) is 1. The number of hydrogen-bond donors (Lipinski definition) is 2. The van der Waals surface area contributed by atoms with Crippen molar-refractivity contribution in [2.45, 2.75) is 38.6 Å². The number of methoxy groups -OCH3 is 1. The first kappa shape index (κ1) is 17.2. The van der Waals surface area contributed by atoms with Gasteiger partial charge in [0.15, 0.2) is 0 Å². The molecule has 24 heavy (non-hydrogen) atoms. The van der Waals surface area contributed by atoms with E-state index in [-0.39, 0.29) is 6.04 Å². The molecule has 0 bridgehead atoms. The molecule has 1 fully saturated rings. The summed E-state index contributed by atoms with van der Waals surface area (Å²) in [5.41, 5.74) is 8.74. The fourth-order valence-corrected chi connectivity index (χ4v) is 3.98. The average Bonchev–Trinajstić information content (AvgIpc) is 2.65. The van der Waals surface area contributed by atoms with Crippen molar-refractivity contribution >= 4 is 10.9 Å². The van der Waals surface area contributed by atoms with Crippen molar-refractivity contribution in [3.05, 3.63) is 36.0 Å². The van der Waals surface area contributed by atoms with E-state index in [2.05, 4.69) is 29.4 Å². The lowest BCUT2D eigenvalue weighted by atomic mass is 9.80. The molecule has 3 unspecified atom stereocenters. The minimum absolute atomic E-state index is 0.0509. The minimum atomic E-state index is 0.0509. The lowest BCUT2D eigenvalue weighted by Crippen LogP contribution is -2.36. The Kier molecular flexibility index (Phi) is 5.69. The monoisotopic (exact) mass is 327 g/mol. The van der Waals surface area contributed by atoms with Crippen LogP contribution in [-0.2, 0) is 0 Å². The normalized spacial score (nSPS) is 22.5. The van der Waals surface area contributed by atoms with Crippen LogP contribution in [0.25, 0.3) is 10.9 Å². The molecule has 0 saturated carbocycles. The third-order valence-corrected chi connectivity index (χ3v) is 5.52. The molecular formula is C20H29N3O. The van der Waals surface area contributed by atoms with Crippen molar-refractivity contribution in [3.63, 3.8) is 0 Å². The van der Waals surface area contributed by atoms with E-state index >= 15 is 0 Å². The van der Waals surface area contributed by atoms with Crippen LogP contribution < -0.4 is 15.8 Å². The zero-order valence-corrected chi connectivity index (χ0v) is 14.8. The highest BCUT2D eigenvalue weighted by Gasteiger charge is 2.24. The first-order valence-electron chi connectivity index (χ1n) is 9.12. The number of nitrogens with zero attached hydrogens (tertiary/aromatic N) is 1. The molecule has 4 nitrogen and oxygen atoms in total. The summed E-state index contributed by atoms with van der Waals surface area (Å²) in [5, 5.41) is 4.63. The molecule has 1 aliphatic heterocycles. The van der Waals surface area contributed by atoms with E-state index in [4.69, 9.17) is 10.5 Å². The van der Waals surface area contributed by atoms with E-state index < -0.39 is 0 Å². The number of hydrogen-bond acceptors (Lipinski definition) is 4. The van der Waals surface area contributed by atoms with Crippen LogP contribution in [-0.4, -0.2) is 25.2 Å². The lowest BCUT2D eigenvalue weighted by molar-refractivity contribution is 0.226. The fraction of sp³-hybridized carbons (Fsp3) is 0.550. The maximum Gasteiger partial charge on any atom is 0.119 e. The number of nitrogens with two attached hydrogens (primary N) is 1. The predicted octanol–water partition coefficient (Wildman–Crippen LogP) is 3.66. The molecular weight excluding hydrogens is 298 g/mol. The van der Waals surface area contributed by atoms with Gasteiger partial charge in [-0.3, -0.25) is 4.98 Å². The molecule has 2 heterocycles. The SMILES string of the molecule is CCC1CNCCC1CCC(N)c1ccnc2ccc(OC)cc12. The number of benzene rings is 1. The predicted molar refractivity (Wildman–Crippen MR) is 99.2 cm³/mol. The van der Waals surface area contributed by atoms with Gasteiger partial charge in [0.2, 0.25) is 0 Å². The second-order valence-corrected chi connectivity index (χ2v) is 6.89. The average molecular weight is 327 g/mol. The minimum Gasteiger partial charge on any atom is -0.497 e. The Bertz CT molecular complexity index is 673. The molecule has 3 N–H and O–H groups in total. The molecule has 2 aromatic rings. The van der Waals surface area contributed by atoms with Gasteiger partial charge < -0.3 is 15.8 Å². The maximum atomic E-state index is 6.57. The van der Waals surface area contributed by atoms with Crippen LogP contribution in [0.4, 0.5) is 0 Å². The Labute approximate surface area is 144 Å². The van der Waals surface area contributed by atoms with Gasteiger partial charge in [-0.1, -0.05) is 13.3 Å². The Morgan fingerprint density at radius 2 is 2.21 bits per heavy atom. The van der Waals surface area contributed by atoms with Crippen LogP contribution >= 0.6 is 0 Å². The standard InChI is InChI=1S/C20H29N3O/c1-3-14-13-22-10-8-15(14)4-6-19(21)17-9-11-23-20-7-5-16(24-2)12-18(17)20/h5,7,9,11-12,14-15,19,22H,3-4,6,8,10,13,21H2,1-2H3. The van der Waals surface area contributed by atoms with E-state index in [0.717, 1.165) is 48.0 Å². The van der Waals surface area contributed by atoms with Crippen molar-refractivity contribution in [2.24, 2.45) is 17.6 Å². The van der Waals surface area contributed by atoms with Crippen LogP contribution in [0.15, 0.2) is 30.5 Å². The summed E-state index contributed by atoms with van der Waals surface area (Å²) in [5.74, 6) is 2.44. The summed E-state index contributed by atoms with van der Waals surface area (Å²) in [6.45, 7) is 4.60. The highest BCUT2D eigenvalue weighted by atomic mass is 16.5. The number of rotatable bonds is 6. The molecule has 3 rings (SSSR count). The molecule has 1 saturated heterocycles. The molecule has 1 aromatic carbocycles. The van der Waals surface area contributed by atoms with Gasteiger partial charge in [0, 0.05) is 17.6 Å². The summed E-state index contributed by atoms with van der Waals surface area (Å²) in [7, 11) is 1.69. The van der Waals surface area contributed by atoms with Gasteiger partial charge in [-0.05, 0) is 74.0 Å². The Hall–Kier alpha value is -1.65. The maximum absolute atomic E-state index is 6.57. The first-order chi connectivity index (χ1) is 11.7. The molecule has 0 spiro atoms. The van der Waals surface area contributed by atoms with Gasteiger partial charge in [-0.25, -0.2) is 0 Å². The summed E-state index contributed by atoms with van der Waals surface area (Å²) in [6, 6.07) is 8.12. The van der Waals surface area contributed by atoms with E-state index in [1.165, 1.54) is 24.8 Å². The number of ether oxygens (including phenoxy) is 1. The second-order valence-electron chi connectivity index (χ2n) is 6.89. The van der Waals surface area contributed by atoms with Gasteiger partial charge in [-0.2, -0.15) is 0 Å². The van der Waals surface area contributed by atoms with E-state index in [9.17, 15) is 0 Å². The molecule has 0 amide bonds. The van der Waals surface area contributed by atoms with Gasteiger partial charge in [0.25, 0.3) is 0 Å². The van der Waals surface area contributed by atoms with Crippen LogP contribution in [0, 0.1) is 11.8 Å². The van der Waals surface area contributed by atoms with Crippen molar-refractivity contribution in [3.8, 4) is 5.75 Å². The van der Waals surface area contributed by atoms with E-state index in [1.54, 1.807) is 7.11 Å². The van der Waals surface area contributed by atoms with Crippen molar-refractivity contribution < 1.29 is 4.74 Å². The summed E-state index contributed by atoms with van der Waals surface area (Å²) < 4.78 is 5.37. The van der Waals surface area contributed by atoms with Crippen molar-refractivity contribution in [2.75, 3.05) is 20.2 Å². The highest BCUT2D eigenvalue weighted by molar-refractivity contribution is 5.83. The van der Waals surface area contributed by atoms with Gasteiger partial charge in [0.1, 0.15) is 5.75 Å². The Morgan fingerprint density at radius 1 is 1.33 bits per heavy atom. The topological polar surface area (TPSA) is 60.2 Å². The number of piperidine rings is 1. The number of fused-ring (bicyclic) bond motifs is 1. The first-order valence-corrected chi connectivity index (χ1v) is 9.12. The Morgan fingerprint density at radius 3 is 3.00 bits per heavy atom. The zero-order valence-electron chi connectivity index (χ0n) is 14.8. The molecule has 130 valence electrons. The van der Waals surface area contributed by atoms with E-state index in [1.807, 2.05) is 18.3 Å². The molecule has 1 aromatic heterocycles. The van der Waals surface area contributed by atoms with Crippen LogP contribution in [0.3, 0.4) is 0 Å². The number of aromatic nitrogens is 1. The molecule has 0 radical (unpaired) electrons. The third kappa shape index (κ3) is 3.70. The molecule has 3 atom stereocenters. The van der Waals surface area contributed by atoms with Gasteiger partial charge in [-0.15, -0.1) is 0 Å². The largest absolute Gasteiger partial charge is 0.497 e. The van der Waals surface area contributed by atoms with Gasteiger partial charge >= 0.3 is 0 Å². The van der Waals surface area contributed by atoms with Crippen molar-refractivity contribution in [1.82, 2.24) is 10.3 Å². The zero-order chi connectivity index (χ0) is 16.9. The van der Waals surface area contributed by atoms with Crippen molar-refractivity contribution in [1.29, 1.82) is 0 Å². The molecule has 4 heteroatoms. The van der Waals surface area contributed by atoms with E-state index in [0.29, 0.717) is 0 Å². The third-order valence-electron chi connectivity index (χ3n) is 5.52. The summed E-state index contributed by atoms with van der Waals surface area (Å²) >= 11 is 0. The lowest BCUT2D eigenvalue weighted by Gasteiger charge is -2.32. The quantitative estimate of drug-likeness (QED) is 0.850. The van der Waals surface area contributed by atoms with Crippen LogP contribution in [0.5, 0.6) is 5.75 Å².